The first kappa shape index (κ1) is 23.1. The van der Waals surface area contributed by atoms with Gasteiger partial charge in [0.05, 0.1) is 12.2 Å². The van der Waals surface area contributed by atoms with Gasteiger partial charge in [-0.1, -0.05) is 86.4 Å². The van der Waals surface area contributed by atoms with Crippen molar-refractivity contribution in [3.63, 3.8) is 0 Å². The number of rotatable bonds is 6. The summed E-state index contributed by atoms with van der Waals surface area (Å²) in [6, 6.07) is 15.6. The highest BCUT2D eigenvalue weighted by Crippen LogP contribution is 2.25. The van der Waals surface area contributed by atoms with Crippen LogP contribution in [0.15, 0.2) is 54.6 Å². The second kappa shape index (κ2) is 9.71. The maximum absolute atomic E-state index is 12.2. The topological polar surface area (TPSA) is 44.1 Å². The molecular formula is C25H26Cl2N2O2. The van der Waals surface area contributed by atoms with Crippen LogP contribution in [0.1, 0.15) is 48.7 Å². The number of benzene rings is 2. The van der Waals surface area contributed by atoms with E-state index in [4.69, 9.17) is 27.9 Å². The van der Waals surface area contributed by atoms with E-state index in [0.717, 1.165) is 16.8 Å². The molecule has 0 bridgehead atoms. The Labute approximate surface area is 193 Å². The summed E-state index contributed by atoms with van der Waals surface area (Å²) in [4.78, 5) is 12.2. The third-order valence-electron chi connectivity index (χ3n) is 4.97. The molecule has 1 aromatic heterocycles. The number of hydrogen-bond acceptors (Lipinski definition) is 3. The Morgan fingerprint density at radius 3 is 2.42 bits per heavy atom. The smallest absolute Gasteiger partial charge is 0.331 e. The van der Waals surface area contributed by atoms with Crippen molar-refractivity contribution in [3.05, 3.63) is 92.7 Å². The molecule has 0 aliphatic heterocycles. The average Bonchev–Trinajstić information content (AvgIpc) is 2.99. The zero-order valence-electron chi connectivity index (χ0n) is 18.2. The predicted octanol–water partition coefficient (Wildman–Crippen LogP) is 6.60. The van der Waals surface area contributed by atoms with Gasteiger partial charge in [0.2, 0.25) is 0 Å². The molecule has 0 atom stereocenters. The molecule has 31 heavy (non-hydrogen) atoms. The van der Waals surface area contributed by atoms with Crippen LogP contribution in [0, 0.1) is 6.92 Å². The SMILES string of the molecule is Cc1nn(Cc2ccccc2Cl)c(Cl)c1/C=C/C(=O)OCc1ccc(C(C)(C)C)cc1. The summed E-state index contributed by atoms with van der Waals surface area (Å²) in [5.41, 5.74) is 4.59. The number of esters is 1. The van der Waals surface area contributed by atoms with Gasteiger partial charge >= 0.3 is 5.97 Å². The summed E-state index contributed by atoms with van der Waals surface area (Å²) in [7, 11) is 0. The van der Waals surface area contributed by atoms with Crippen LogP contribution in [0.2, 0.25) is 10.2 Å². The summed E-state index contributed by atoms with van der Waals surface area (Å²) in [6.07, 6.45) is 3.01. The minimum Gasteiger partial charge on any atom is -0.458 e. The fourth-order valence-electron chi connectivity index (χ4n) is 3.10. The molecule has 0 spiro atoms. The van der Waals surface area contributed by atoms with Gasteiger partial charge in [-0.3, -0.25) is 0 Å². The molecule has 3 aromatic rings. The molecule has 2 aromatic carbocycles. The Morgan fingerprint density at radius 2 is 1.77 bits per heavy atom. The van der Waals surface area contributed by atoms with E-state index in [-0.39, 0.29) is 12.0 Å². The van der Waals surface area contributed by atoms with E-state index >= 15 is 0 Å². The molecule has 4 nitrogen and oxygen atoms in total. The van der Waals surface area contributed by atoms with Crippen LogP contribution < -0.4 is 0 Å². The lowest BCUT2D eigenvalue weighted by Crippen LogP contribution is -2.10. The maximum atomic E-state index is 12.2. The van der Waals surface area contributed by atoms with Gasteiger partial charge < -0.3 is 4.74 Å². The highest BCUT2D eigenvalue weighted by Gasteiger charge is 2.14. The molecule has 1 heterocycles. The minimum absolute atomic E-state index is 0.0886. The molecule has 6 heteroatoms. The largest absolute Gasteiger partial charge is 0.458 e. The Kier molecular flexibility index (Phi) is 7.24. The van der Waals surface area contributed by atoms with E-state index in [0.29, 0.717) is 22.3 Å². The van der Waals surface area contributed by atoms with Gasteiger partial charge in [0.15, 0.2) is 0 Å². The predicted molar refractivity (Wildman–Crippen MR) is 127 cm³/mol. The first-order valence-electron chi connectivity index (χ1n) is 10.1. The van der Waals surface area contributed by atoms with Crippen molar-refractivity contribution in [2.24, 2.45) is 0 Å². The van der Waals surface area contributed by atoms with Gasteiger partial charge in [0.25, 0.3) is 0 Å². The first-order chi connectivity index (χ1) is 14.6. The second-order valence-corrected chi connectivity index (χ2v) is 9.19. The molecular weight excluding hydrogens is 431 g/mol. The third-order valence-corrected chi connectivity index (χ3v) is 5.74. The van der Waals surface area contributed by atoms with Gasteiger partial charge in [0.1, 0.15) is 11.8 Å². The fraction of sp³-hybridized carbons (Fsp3) is 0.280. The average molecular weight is 457 g/mol. The monoisotopic (exact) mass is 456 g/mol. The zero-order chi connectivity index (χ0) is 22.6. The Morgan fingerprint density at radius 1 is 1.10 bits per heavy atom. The van der Waals surface area contributed by atoms with Crippen molar-refractivity contribution >= 4 is 35.2 Å². The van der Waals surface area contributed by atoms with Crippen LogP contribution in [0.25, 0.3) is 6.08 Å². The van der Waals surface area contributed by atoms with Crippen molar-refractivity contribution in [2.45, 2.75) is 46.3 Å². The lowest BCUT2D eigenvalue weighted by atomic mass is 9.87. The molecule has 0 unspecified atom stereocenters. The normalized spacial score (nSPS) is 11.8. The van der Waals surface area contributed by atoms with E-state index in [1.54, 1.807) is 10.8 Å². The number of nitrogens with zero attached hydrogens (tertiary/aromatic N) is 2. The quantitative estimate of drug-likeness (QED) is 0.309. The van der Waals surface area contributed by atoms with Crippen LogP contribution in [-0.2, 0) is 28.1 Å². The molecule has 0 saturated carbocycles. The maximum Gasteiger partial charge on any atom is 0.331 e. The van der Waals surface area contributed by atoms with Crippen molar-refractivity contribution in [3.8, 4) is 0 Å². The lowest BCUT2D eigenvalue weighted by molar-refractivity contribution is -0.138. The second-order valence-electron chi connectivity index (χ2n) is 8.43. The van der Waals surface area contributed by atoms with Crippen LogP contribution in [-0.4, -0.2) is 15.7 Å². The number of ether oxygens (including phenoxy) is 1. The van der Waals surface area contributed by atoms with E-state index < -0.39 is 5.97 Å². The van der Waals surface area contributed by atoms with Crippen LogP contribution in [0.3, 0.4) is 0 Å². The number of carbonyl (C=O) groups excluding carboxylic acids is 1. The summed E-state index contributed by atoms with van der Waals surface area (Å²) >= 11 is 12.7. The van der Waals surface area contributed by atoms with Crippen molar-refractivity contribution in [1.29, 1.82) is 0 Å². The highest BCUT2D eigenvalue weighted by atomic mass is 35.5. The standard InChI is InChI=1S/C25H26Cl2N2O2/c1-17-21(24(27)29(28-17)15-19-7-5-6-8-22(19)26)13-14-23(30)31-16-18-9-11-20(12-10-18)25(2,3)4/h5-14H,15-16H2,1-4H3/b14-13+. The van der Waals surface area contributed by atoms with E-state index in [1.165, 1.54) is 11.6 Å². The fourth-order valence-corrected chi connectivity index (χ4v) is 3.60. The van der Waals surface area contributed by atoms with Crippen LogP contribution in [0.5, 0.6) is 0 Å². The van der Waals surface area contributed by atoms with Gasteiger partial charge in [0, 0.05) is 16.7 Å². The lowest BCUT2D eigenvalue weighted by Gasteiger charge is -2.19. The molecule has 3 rings (SSSR count). The number of aromatic nitrogens is 2. The Balaban J connectivity index is 1.63. The van der Waals surface area contributed by atoms with Gasteiger partial charge in [-0.2, -0.15) is 5.10 Å². The number of hydrogen-bond donors (Lipinski definition) is 0. The molecule has 0 saturated heterocycles. The number of aryl methyl sites for hydroxylation is 1. The van der Waals surface area contributed by atoms with Crippen LogP contribution in [0.4, 0.5) is 0 Å². The molecule has 0 N–H and O–H groups in total. The molecule has 0 aliphatic rings. The van der Waals surface area contributed by atoms with E-state index in [1.807, 2.05) is 43.3 Å². The highest BCUT2D eigenvalue weighted by molar-refractivity contribution is 6.32. The summed E-state index contributed by atoms with van der Waals surface area (Å²) in [6.45, 7) is 8.99. The number of halogens is 2. The van der Waals surface area contributed by atoms with E-state index in [9.17, 15) is 4.79 Å². The van der Waals surface area contributed by atoms with Crippen molar-refractivity contribution in [2.75, 3.05) is 0 Å². The molecule has 0 fully saturated rings. The first-order valence-corrected chi connectivity index (χ1v) is 10.8. The number of carbonyl (C=O) groups is 1. The van der Waals surface area contributed by atoms with Gasteiger partial charge in [-0.05, 0) is 41.2 Å². The van der Waals surface area contributed by atoms with Crippen molar-refractivity contribution < 1.29 is 9.53 Å². The minimum atomic E-state index is -0.436. The van der Waals surface area contributed by atoms with Gasteiger partial charge in [-0.25, -0.2) is 9.48 Å². The van der Waals surface area contributed by atoms with Crippen LogP contribution >= 0.6 is 23.2 Å². The summed E-state index contributed by atoms with van der Waals surface area (Å²) < 4.78 is 7.03. The van der Waals surface area contributed by atoms with Crippen molar-refractivity contribution in [1.82, 2.24) is 9.78 Å². The third kappa shape index (κ3) is 5.99. The Bertz CT molecular complexity index is 1090. The zero-order valence-corrected chi connectivity index (χ0v) is 19.7. The van der Waals surface area contributed by atoms with Gasteiger partial charge in [-0.15, -0.1) is 0 Å². The molecule has 0 amide bonds. The Hall–Kier alpha value is -2.56. The summed E-state index contributed by atoms with van der Waals surface area (Å²) in [5.74, 6) is -0.436. The molecule has 0 aliphatic carbocycles. The molecule has 0 radical (unpaired) electrons. The summed E-state index contributed by atoms with van der Waals surface area (Å²) in [5, 5.41) is 5.57. The molecule has 162 valence electrons. The van der Waals surface area contributed by atoms with E-state index in [2.05, 4.69) is 38.0 Å².